The molecule has 1 saturated heterocycles. The Balaban J connectivity index is 2.51. The molecule has 1 heterocycles. The number of aryl methyl sites for hydroxylation is 2. The number of nitriles is 1. The van der Waals surface area contributed by atoms with Crippen LogP contribution in [-0.2, 0) is 9.31 Å². The van der Waals surface area contributed by atoms with Gasteiger partial charge in [-0.3, -0.25) is 0 Å². The first-order chi connectivity index (χ1) is 11.1. The van der Waals surface area contributed by atoms with Crippen molar-refractivity contribution in [3.63, 3.8) is 0 Å². The Labute approximate surface area is 146 Å². The Hall–Kier alpha value is -1.57. The molecule has 0 unspecified atom stereocenters. The Morgan fingerprint density at radius 3 is 2.21 bits per heavy atom. The van der Waals surface area contributed by atoms with E-state index in [1.54, 1.807) is 0 Å². The van der Waals surface area contributed by atoms with E-state index in [-0.39, 0.29) is 11.2 Å². The Morgan fingerprint density at radius 2 is 1.71 bits per heavy atom. The second kappa shape index (κ2) is 6.74. The fourth-order valence-corrected chi connectivity index (χ4v) is 2.89. The minimum absolute atomic E-state index is 0.375. The van der Waals surface area contributed by atoms with Crippen molar-refractivity contribution in [2.75, 3.05) is 0 Å². The van der Waals surface area contributed by atoms with Crippen LogP contribution in [0.2, 0.25) is 0 Å². The fraction of sp³-hybridized carbons (Fsp3) is 0.550. The molecule has 0 bridgehead atoms. The molecule has 1 aliphatic heterocycles. The average molecular weight is 325 g/mol. The van der Waals surface area contributed by atoms with Gasteiger partial charge in [0, 0.05) is 0 Å². The third-order valence-electron chi connectivity index (χ3n) is 5.16. The highest BCUT2D eigenvalue weighted by molar-refractivity contribution is 6.69. The zero-order valence-corrected chi connectivity index (χ0v) is 16.0. The summed E-state index contributed by atoms with van der Waals surface area (Å²) in [5.41, 5.74) is 4.17. The zero-order chi connectivity index (χ0) is 18.1. The number of hydrogen-bond donors (Lipinski definition) is 0. The van der Waals surface area contributed by atoms with Gasteiger partial charge in [0.1, 0.15) is 0 Å². The highest BCUT2D eigenvalue weighted by Crippen LogP contribution is 2.41. The molecular weight excluding hydrogens is 297 g/mol. The van der Waals surface area contributed by atoms with Gasteiger partial charge in [0.15, 0.2) is 0 Å². The summed E-state index contributed by atoms with van der Waals surface area (Å²) in [6.45, 7) is 14.5. The quantitative estimate of drug-likeness (QED) is 0.732. The van der Waals surface area contributed by atoms with Gasteiger partial charge in [-0.2, -0.15) is 5.26 Å². The normalized spacial score (nSPS) is 19.4. The number of unbranched alkanes of at least 4 members (excludes halogenated alkanes) is 1. The van der Waals surface area contributed by atoms with Gasteiger partial charge >= 0.3 is 7.12 Å². The SMILES string of the molecule is CCC/C=C(/B1OC(C)(C)C(C)(C)O1)c1cc(C#N)c(C)cc1C. The van der Waals surface area contributed by atoms with Crippen LogP contribution in [0, 0.1) is 25.2 Å². The number of benzene rings is 1. The first-order valence-corrected chi connectivity index (χ1v) is 8.70. The third kappa shape index (κ3) is 3.43. The van der Waals surface area contributed by atoms with E-state index in [9.17, 15) is 5.26 Å². The lowest BCUT2D eigenvalue weighted by atomic mass is 9.71. The van der Waals surface area contributed by atoms with E-state index < -0.39 is 7.12 Å². The van der Waals surface area contributed by atoms with Crippen LogP contribution < -0.4 is 0 Å². The number of allylic oxidation sites excluding steroid dienone is 1. The molecular formula is C20H28BNO2. The maximum Gasteiger partial charge on any atom is 0.495 e. The van der Waals surface area contributed by atoms with Crippen LogP contribution in [0.1, 0.15) is 69.7 Å². The molecule has 0 aromatic heterocycles. The molecule has 0 amide bonds. The molecule has 3 nitrogen and oxygen atoms in total. The summed E-state index contributed by atoms with van der Waals surface area (Å²) < 4.78 is 12.5. The molecule has 1 fully saturated rings. The van der Waals surface area contributed by atoms with E-state index in [1.165, 1.54) is 0 Å². The highest BCUT2D eigenvalue weighted by Gasteiger charge is 2.52. The molecule has 1 aromatic rings. The molecule has 1 aliphatic rings. The van der Waals surface area contributed by atoms with E-state index in [0.29, 0.717) is 5.56 Å². The van der Waals surface area contributed by atoms with Crippen LogP contribution in [0.5, 0.6) is 0 Å². The maximum atomic E-state index is 9.39. The fourth-order valence-electron chi connectivity index (χ4n) is 2.89. The van der Waals surface area contributed by atoms with Crippen molar-refractivity contribution >= 4 is 12.6 Å². The summed E-state index contributed by atoms with van der Waals surface area (Å²) >= 11 is 0. The monoisotopic (exact) mass is 325 g/mol. The van der Waals surface area contributed by atoms with E-state index >= 15 is 0 Å². The van der Waals surface area contributed by atoms with Crippen molar-refractivity contribution in [1.29, 1.82) is 5.26 Å². The van der Waals surface area contributed by atoms with Gasteiger partial charge in [0.2, 0.25) is 0 Å². The van der Waals surface area contributed by atoms with E-state index in [0.717, 1.165) is 35.0 Å². The molecule has 1 aromatic carbocycles. The Morgan fingerprint density at radius 1 is 1.12 bits per heavy atom. The van der Waals surface area contributed by atoms with Crippen molar-refractivity contribution in [2.45, 2.75) is 72.5 Å². The second-order valence-electron chi connectivity index (χ2n) is 7.63. The maximum absolute atomic E-state index is 9.39. The number of rotatable bonds is 4. The van der Waals surface area contributed by atoms with Crippen LogP contribution >= 0.6 is 0 Å². The smallest absolute Gasteiger partial charge is 0.399 e. The molecule has 0 aliphatic carbocycles. The summed E-state index contributed by atoms with van der Waals surface area (Å²) in [6.07, 6.45) is 4.20. The minimum atomic E-state index is -0.408. The summed E-state index contributed by atoms with van der Waals surface area (Å²) in [7, 11) is -0.408. The third-order valence-corrected chi connectivity index (χ3v) is 5.16. The largest absolute Gasteiger partial charge is 0.495 e. The predicted molar refractivity (Wildman–Crippen MR) is 99.6 cm³/mol. The van der Waals surface area contributed by atoms with Crippen molar-refractivity contribution in [3.8, 4) is 6.07 Å². The first-order valence-electron chi connectivity index (χ1n) is 8.70. The second-order valence-corrected chi connectivity index (χ2v) is 7.63. The van der Waals surface area contributed by atoms with Gasteiger partial charge in [-0.15, -0.1) is 0 Å². The lowest BCUT2D eigenvalue weighted by molar-refractivity contribution is 0.00578. The van der Waals surface area contributed by atoms with E-state index in [2.05, 4.69) is 59.8 Å². The summed E-state index contributed by atoms with van der Waals surface area (Å²) in [5, 5.41) is 9.39. The topological polar surface area (TPSA) is 42.2 Å². The standard InChI is InChI=1S/C20H28BNO2/c1-8-9-10-18(21-23-19(4,5)20(6,7)24-21)17-12-16(13-22)14(2)11-15(17)3/h10-12H,8-9H2,1-7H3/b18-10+. The summed E-state index contributed by atoms with van der Waals surface area (Å²) in [4.78, 5) is 0. The lowest BCUT2D eigenvalue weighted by Crippen LogP contribution is -2.41. The van der Waals surface area contributed by atoms with Crippen molar-refractivity contribution in [3.05, 3.63) is 40.5 Å². The van der Waals surface area contributed by atoms with Gasteiger partial charge in [0.05, 0.1) is 22.8 Å². The van der Waals surface area contributed by atoms with Crippen LogP contribution in [0.15, 0.2) is 18.2 Å². The van der Waals surface area contributed by atoms with Crippen LogP contribution in [0.4, 0.5) is 0 Å². The van der Waals surface area contributed by atoms with Gasteiger partial charge < -0.3 is 9.31 Å². The molecule has 4 heteroatoms. The average Bonchev–Trinajstić information content (AvgIpc) is 2.69. The zero-order valence-electron chi connectivity index (χ0n) is 16.0. The molecule has 24 heavy (non-hydrogen) atoms. The van der Waals surface area contributed by atoms with Crippen LogP contribution in [0.3, 0.4) is 0 Å². The van der Waals surface area contributed by atoms with E-state index in [4.69, 9.17) is 9.31 Å². The van der Waals surface area contributed by atoms with Crippen molar-refractivity contribution < 1.29 is 9.31 Å². The van der Waals surface area contributed by atoms with Gasteiger partial charge in [-0.1, -0.05) is 25.5 Å². The predicted octanol–water partition coefficient (Wildman–Crippen LogP) is 4.99. The van der Waals surface area contributed by atoms with Crippen molar-refractivity contribution in [1.82, 2.24) is 0 Å². The molecule has 0 atom stereocenters. The molecule has 0 N–H and O–H groups in total. The van der Waals surface area contributed by atoms with Gasteiger partial charge in [-0.05, 0) is 76.2 Å². The van der Waals surface area contributed by atoms with Gasteiger partial charge in [-0.25, -0.2) is 0 Å². The van der Waals surface area contributed by atoms with Crippen LogP contribution in [0.25, 0.3) is 5.47 Å². The highest BCUT2D eigenvalue weighted by atomic mass is 16.7. The molecule has 0 saturated carbocycles. The Bertz CT molecular complexity index is 682. The summed E-state index contributed by atoms with van der Waals surface area (Å²) in [5.74, 6) is 0. The molecule has 128 valence electrons. The van der Waals surface area contributed by atoms with Crippen molar-refractivity contribution in [2.24, 2.45) is 0 Å². The summed E-state index contributed by atoms with van der Waals surface area (Å²) in [6, 6.07) is 6.33. The first kappa shape index (κ1) is 18.8. The van der Waals surface area contributed by atoms with Gasteiger partial charge in [0.25, 0.3) is 0 Å². The molecule has 2 rings (SSSR count). The number of hydrogen-bond acceptors (Lipinski definition) is 3. The van der Waals surface area contributed by atoms with E-state index in [1.807, 2.05) is 13.0 Å². The Kier molecular flexibility index (Phi) is 5.27. The molecule has 0 spiro atoms. The molecule has 0 radical (unpaired) electrons. The lowest BCUT2D eigenvalue weighted by Gasteiger charge is -2.32. The number of nitrogens with zero attached hydrogens (tertiary/aromatic N) is 1. The minimum Gasteiger partial charge on any atom is -0.399 e. The van der Waals surface area contributed by atoms with Crippen LogP contribution in [-0.4, -0.2) is 18.3 Å².